The van der Waals surface area contributed by atoms with Crippen LogP contribution in [-0.2, 0) is 16.5 Å². The number of hydrogen-bond acceptors (Lipinski definition) is 5. The number of rotatable bonds is 9. The molecule has 0 aliphatic heterocycles. The van der Waals surface area contributed by atoms with Crippen LogP contribution in [0, 0.1) is 10.6 Å². The average Bonchev–Trinajstić information content (AvgIpc) is 3.67. The van der Waals surface area contributed by atoms with E-state index in [0.29, 0.717) is 24.0 Å². The van der Waals surface area contributed by atoms with Gasteiger partial charge in [0.05, 0.1) is 10.8 Å². The summed E-state index contributed by atoms with van der Waals surface area (Å²) in [5.74, 6) is -2.12. The van der Waals surface area contributed by atoms with E-state index < -0.39 is 54.0 Å². The lowest BCUT2D eigenvalue weighted by atomic mass is 9.99. The fourth-order valence-electron chi connectivity index (χ4n) is 4.15. The molecule has 0 radical (unpaired) electrons. The van der Waals surface area contributed by atoms with Crippen molar-refractivity contribution in [3.8, 4) is 11.5 Å². The molecule has 222 valence electrons. The Labute approximate surface area is 238 Å². The minimum absolute atomic E-state index is 0.00543. The molecule has 40 heavy (non-hydrogen) atoms. The standard InChI is InChI=1S/C27H33ClF4N2O4S2/c1-26(2,3)39(4,5)34(40(33,36)21-8-9-21)25(35)23-14-22(16-6-7-16)17(10-24(23)29)15-37-19-11-18(28)12-20(13-19)38-27(30,31)32/h10-14,16,21,33H,6-9,15H2,1-5H3. The Hall–Kier alpha value is -2.18. The molecule has 13 heteroatoms. The topological polar surface area (TPSA) is 79.7 Å². The van der Waals surface area contributed by atoms with Gasteiger partial charge >= 0.3 is 6.36 Å². The summed E-state index contributed by atoms with van der Waals surface area (Å²) >= 11 is 5.93. The van der Waals surface area contributed by atoms with Crippen LogP contribution in [0.4, 0.5) is 17.6 Å². The first-order valence-electron chi connectivity index (χ1n) is 12.7. The lowest BCUT2D eigenvalue weighted by Crippen LogP contribution is -2.46. The van der Waals surface area contributed by atoms with E-state index in [9.17, 15) is 22.2 Å². The maximum atomic E-state index is 15.6. The summed E-state index contributed by atoms with van der Waals surface area (Å²) in [6, 6.07) is 5.98. The number of carbonyl (C=O) groups is 1. The van der Waals surface area contributed by atoms with Crippen molar-refractivity contribution < 1.29 is 36.0 Å². The molecule has 2 fully saturated rings. The van der Waals surface area contributed by atoms with E-state index in [4.69, 9.17) is 21.1 Å². The quantitative estimate of drug-likeness (QED) is 0.285. The van der Waals surface area contributed by atoms with Crippen molar-refractivity contribution in [3.63, 3.8) is 0 Å². The predicted molar refractivity (Wildman–Crippen MR) is 150 cm³/mol. The first-order valence-corrected chi connectivity index (χ1v) is 17.0. The van der Waals surface area contributed by atoms with Gasteiger partial charge in [-0.05, 0) is 79.5 Å². The number of nitrogens with one attached hydrogen (secondary N) is 1. The van der Waals surface area contributed by atoms with Crippen molar-refractivity contribution in [2.75, 3.05) is 12.5 Å². The van der Waals surface area contributed by atoms with Gasteiger partial charge in [-0.1, -0.05) is 32.4 Å². The van der Waals surface area contributed by atoms with Crippen molar-refractivity contribution >= 4 is 37.6 Å². The number of halogens is 5. The van der Waals surface area contributed by atoms with Crippen LogP contribution < -0.4 is 9.47 Å². The Bertz CT molecular complexity index is 1420. The van der Waals surface area contributed by atoms with Crippen LogP contribution in [-0.4, -0.2) is 42.7 Å². The second-order valence-corrected chi connectivity index (χ2v) is 18.5. The first-order chi connectivity index (χ1) is 18.3. The smallest absolute Gasteiger partial charge is 0.489 e. The summed E-state index contributed by atoms with van der Waals surface area (Å²) in [6.07, 6.45) is 1.52. The molecule has 6 nitrogen and oxygen atoms in total. The number of benzene rings is 2. The summed E-state index contributed by atoms with van der Waals surface area (Å²) in [7, 11) is -5.64. The second-order valence-electron chi connectivity index (χ2n) is 11.5. The molecule has 0 spiro atoms. The maximum absolute atomic E-state index is 15.6. The number of nitrogens with zero attached hydrogens (tertiary/aromatic N) is 1. The van der Waals surface area contributed by atoms with E-state index in [0.717, 1.165) is 28.7 Å². The third-order valence-corrected chi connectivity index (χ3v) is 15.3. The van der Waals surface area contributed by atoms with Gasteiger partial charge in [-0.2, -0.15) is 10.2 Å². The van der Waals surface area contributed by atoms with Gasteiger partial charge in [-0.25, -0.2) is 17.1 Å². The van der Waals surface area contributed by atoms with Crippen molar-refractivity contribution in [3.05, 3.63) is 57.9 Å². The molecular formula is C27H33ClF4N2O4S2. The van der Waals surface area contributed by atoms with E-state index in [2.05, 4.69) is 4.74 Å². The van der Waals surface area contributed by atoms with E-state index in [1.807, 2.05) is 33.3 Å². The Kier molecular flexibility index (Phi) is 8.14. The summed E-state index contributed by atoms with van der Waals surface area (Å²) < 4.78 is 86.4. The van der Waals surface area contributed by atoms with E-state index in [1.165, 1.54) is 18.2 Å². The van der Waals surface area contributed by atoms with Gasteiger partial charge in [0.25, 0.3) is 5.91 Å². The number of amides is 1. The third kappa shape index (κ3) is 6.65. The van der Waals surface area contributed by atoms with Crippen LogP contribution in [0.1, 0.15) is 73.9 Å². The number of carbonyl (C=O) groups excluding carboxylic acids is 1. The van der Waals surface area contributed by atoms with Gasteiger partial charge in [0.15, 0.2) is 0 Å². The highest BCUT2D eigenvalue weighted by molar-refractivity contribution is 8.36. The Morgan fingerprint density at radius 2 is 1.65 bits per heavy atom. The fraction of sp³-hybridized carbons (Fsp3) is 0.519. The van der Waals surface area contributed by atoms with Crippen molar-refractivity contribution in [2.45, 2.75) is 75.3 Å². The molecule has 0 saturated heterocycles. The van der Waals surface area contributed by atoms with Crippen LogP contribution in [0.5, 0.6) is 11.5 Å². The zero-order chi connectivity index (χ0) is 29.8. The average molecular weight is 625 g/mol. The monoisotopic (exact) mass is 624 g/mol. The number of ether oxygens (including phenoxy) is 2. The van der Waals surface area contributed by atoms with Crippen LogP contribution in [0.3, 0.4) is 0 Å². The minimum Gasteiger partial charge on any atom is -0.489 e. The third-order valence-electron chi connectivity index (χ3n) is 7.25. The van der Waals surface area contributed by atoms with E-state index in [1.54, 1.807) is 0 Å². The molecule has 4 rings (SSSR count). The molecule has 1 N–H and O–H groups in total. The van der Waals surface area contributed by atoms with Gasteiger partial charge < -0.3 is 9.47 Å². The van der Waals surface area contributed by atoms with Crippen LogP contribution in [0.15, 0.2) is 30.3 Å². The summed E-state index contributed by atoms with van der Waals surface area (Å²) in [4.78, 5) is 14.0. The zero-order valence-corrected chi connectivity index (χ0v) is 25.3. The van der Waals surface area contributed by atoms with Crippen LogP contribution in [0.25, 0.3) is 0 Å². The second kappa shape index (κ2) is 10.6. The Morgan fingerprint density at radius 1 is 1.05 bits per heavy atom. The molecule has 0 heterocycles. The highest BCUT2D eigenvalue weighted by atomic mass is 35.5. The number of hydrogen-bond donors (Lipinski definition) is 1. The molecule has 1 atom stereocenters. The summed E-state index contributed by atoms with van der Waals surface area (Å²) in [5.41, 5.74) is 0.849. The maximum Gasteiger partial charge on any atom is 0.573 e. The molecule has 1 amide bonds. The normalized spacial score (nSPS) is 18.1. The highest BCUT2D eigenvalue weighted by Crippen LogP contribution is 2.59. The summed E-state index contributed by atoms with van der Waals surface area (Å²) in [5, 5.41) is -0.474. The largest absolute Gasteiger partial charge is 0.573 e. The van der Waals surface area contributed by atoms with Crippen LogP contribution in [0.2, 0.25) is 5.02 Å². The molecule has 0 aromatic heterocycles. The molecule has 2 aliphatic rings. The zero-order valence-electron chi connectivity index (χ0n) is 22.9. The summed E-state index contributed by atoms with van der Waals surface area (Å²) in [6.45, 7) is 5.55. The van der Waals surface area contributed by atoms with Crippen LogP contribution >= 0.6 is 21.8 Å². The molecular weight excluding hydrogens is 592 g/mol. The molecule has 2 aliphatic carbocycles. The lowest BCUT2D eigenvalue weighted by Gasteiger charge is -2.52. The Morgan fingerprint density at radius 3 is 2.17 bits per heavy atom. The van der Waals surface area contributed by atoms with Crippen molar-refractivity contribution in [2.24, 2.45) is 0 Å². The van der Waals surface area contributed by atoms with Gasteiger partial charge in [0.1, 0.15) is 33.8 Å². The van der Waals surface area contributed by atoms with Crippen molar-refractivity contribution in [1.82, 2.24) is 3.71 Å². The predicted octanol–water partition coefficient (Wildman–Crippen LogP) is 8.18. The SMILES string of the molecule is CC(C)(C)S(C)(C)N(C(=O)c1cc(C2CC2)c(COc2cc(Cl)cc(OC(F)(F)F)c2)cc1F)S(=N)(=O)C1CC1. The minimum atomic E-state index is -4.91. The Balaban J connectivity index is 1.68. The van der Waals surface area contributed by atoms with Gasteiger partial charge in [0.2, 0.25) is 0 Å². The van der Waals surface area contributed by atoms with Gasteiger partial charge in [-0.3, -0.25) is 4.79 Å². The molecule has 1 unspecified atom stereocenters. The molecule has 0 bridgehead atoms. The van der Waals surface area contributed by atoms with E-state index >= 15 is 4.39 Å². The molecule has 2 saturated carbocycles. The molecule has 2 aromatic carbocycles. The highest BCUT2D eigenvalue weighted by Gasteiger charge is 2.48. The lowest BCUT2D eigenvalue weighted by molar-refractivity contribution is -0.274. The first kappa shape index (κ1) is 30.8. The van der Waals surface area contributed by atoms with Gasteiger partial charge in [-0.15, -0.1) is 13.2 Å². The fourth-order valence-corrected chi connectivity index (χ4v) is 10.0. The number of alkyl halides is 3. The van der Waals surface area contributed by atoms with E-state index in [-0.39, 0.29) is 28.9 Å². The van der Waals surface area contributed by atoms with Crippen molar-refractivity contribution in [1.29, 1.82) is 4.78 Å². The molecule has 2 aromatic rings. The van der Waals surface area contributed by atoms with Gasteiger partial charge in [0, 0.05) is 15.8 Å².